The maximum absolute atomic E-state index is 13.3. The van der Waals surface area contributed by atoms with E-state index < -0.39 is 5.54 Å². The van der Waals surface area contributed by atoms with Crippen LogP contribution in [0.15, 0.2) is 22.7 Å². The molecule has 2 amide bonds. The highest BCUT2D eigenvalue weighted by molar-refractivity contribution is 9.10. The Labute approximate surface area is 176 Å². The largest absolute Gasteiger partial charge is 0.496 e. The summed E-state index contributed by atoms with van der Waals surface area (Å²) in [6.07, 6.45) is 4.32. The van der Waals surface area contributed by atoms with Gasteiger partial charge in [-0.3, -0.25) is 9.59 Å². The van der Waals surface area contributed by atoms with Gasteiger partial charge in [0.15, 0.2) is 0 Å². The molecule has 2 aliphatic rings. The zero-order valence-electron chi connectivity index (χ0n) is 17.3. The van der Waals surface area contributed by atoms with Gasteiger partial charge in [0.1, 0.15) is 11.3 Å². The van der Waals surface area contributed by atoms with E-state index in [1.54, 1.807) is 12.0 Å². The molecule has 28 heavy (non-hydrogen) atoms. The Morgan fingerprint density at radius 2 is 2.11 bits per heavy atom. The Kier molecular flexibility index (Phi) is 6.37. The number of benzene rings is 1. The lowest BCUT2D eigenvalue weighted by atomic mass is 9.77. The predicted octanol–water partition coefficient (Wildman–Crippen LogP) is 4.28. The first-order valence-corrected chi connectivity index (χ1v) is 11.0. The molecule has 1 aromatic carbocycles. The first-order chi connectivity index (χ1) is 13.3. The second-order valence-electron chi connectivity index (χ2n) is 8.56. The van der Waals surface area contributed by atoms with Crippen molar-refractivity contribution in [2.75, 3.05) is 7.11 Å². The molecule has 1 heterocycles. The number of ether oxygens (including phenoxy) is 1. The van der Waals surface area contributed by atoms with Crippen molar-refractivity contribution < 1.29 is 14.3 Å². The molecule has 1 aromatic rings. The molecule has 0 spiro atoms. The fraction of sp³-hybridized carbons (Fsp3) is 0.636. The molecule has 2 fully saturated rings. The third-order valence-electron chi connectivity index (χ3n) is 6.81. The van der Waals surface area contributed by atoms with Crippen molar-refractivity contribution in [1.29, 1.82) is 0 Å². The first-order valence-electron chi connectivity index (χ1n) is 10.2. The van der Waals surface area contributed by atoms with E-state index in [-0.39, 0.29) is 17.9 Å². The number of halogens is 1. The summed E-state index contributed by atoms with van der Waals surface area (Å²) < 4.78 is 6.38. The van der Waals surface area contributed by atoms with E-state index in [2.05, 4.69) is 35.1 Å². The summed E-state index contributed by atoms with van der Waals surface area (Å²) in [7, 11) is 1.62. The molecule has 6 heteroatoms. The molecule has 154 valence electrons. The van der Waals surface area contributed by atoms with Gasteiger partial charge in [0.25, 0.3) is 0 Å². The van der Waals surface area contributed by atoms with Gasteiger partial charge in [0.05, 0.1) is 13.7 Å². The Bertz CT molecular complexity index is 753. The van der Waals surface area contributed by atoms with E-state index in [9.17, 15) is 9.59 Å². The van der Waals surface area contributed by atoms with E-state index >= 15 is 0 Å². The van der Waals surface area contributed by atoms with Crippen LogP contribution < -0.4 is 10.1 Å². The number of hydrogen-bond acceptors (Lipinski definition) is 3. The second-order valence-corrected chi connectivity index (χ2v) is 9.47. The van der Waals surface area contributed by atoms with Crippen molar-refractivity contribution in [3.63, 3.8) is 0 Å². The molecule has 1 saturated carbocycles. The van der Waals surface area contributed by atoms with Gasteiger partial charge < -0.3 is 15.0 Å². The molecule has 3 rings (SSSR count). The third kappa shape index (κ3) is 4.07. The van der Waals surface area contributed by atoms with Gasteiger partial charge in [0, 0.05) is 22.5 Å². The van der Waals surface area contributed by atoms with Crippen LogP contribution in [0.25, 0.3) is 0 Å². The molecule has 4 atom stereocenters. The summed E-state index contributed by atoms with van der Waals surface area (Å²) in [5, 5.41) is 3.28. The van der Waals surface area contributed by atoms with E-state index in [0.29, 0.717) is 31.2 Å². The van der Waals surface area contributed by atoms with Crippen molar-refractivity contribution in [2.45, 2.75) is 71.0 Å². The first kappa shape index (κ1) is 21.2. The summed E-state index contributed by atoms with van der Waals surface area (Å²) >= 11 is 3.49. The van der Waals surface area contributed by atoms with Crippen LogP contribution in [0.1, 0.15) is 58.4 Å². The monoisotopic (exact) mass is 450 g/mol. The average Bonchev–Trinajstić information content (AvgIpc) is 2.95. The van der Waals surface area contributed by atoms with E-state index in [1.165, 1.54) is 6.42 Å². The van der Waals surface area contributed by atoms with Gasteiger partial charge in [-0.15, -0.1) is 0 Å². The second kappa shape index (κ2) is 8.44. The molecule has 1 aliphatic carbocycles. The van der Waals surface area contributed by atoms with Crippen molar-refractivity contribution in [1.82, 2.24) is 10.2 Å². The number of carbonyl (C=O) groups is 2. The van der Waals surface area contributed by atoms with E-state index in [4.69, 9.17) is 4.74 Å². The molecule has 0 radical (unpaired) electrons. The topological polar surface area (TPSA) is 58.6 Å². The number of hydrogen-bond donors (Lipinski definition) is 1. The van der Waals surface area contributed by atoms with Crippen molar-refractivity contribution in [2.24, 2.45) is 11.8 Å². The summed E-state index contributed by atoms with van der Waals surface area (Å²) in [5.74, 6) is 1.78. The number of carbonyl (C=O) groups excluding carboxylic acids is 2. The van der Waals surface area contributed by atoms with Crippen LogP contribution >= 0.6 is 15.9 Å². The van der Waals surface area contributed by atoms with Gasteiger partial charge in [-0.2, -0.15) is 0 Å². The minimum Gasteiger partial charge on any atom is -0.496 e. The van der Waals surface area contributed by atoms with Gasteiger partial charge in [-0.1, -0.05) is 42.6 Å². The number of methoxy groups -OCH3 is 1. The number of amides is 2. The van der Waals surface area contributed by atoms with Crippen LogP contribution in [0.3, 0.4) is 0 Å². The lowest BCUT2D eigenvalue weighted by Crippen LogP contribution is -2.57. The van der Waals surface area contributed by atoms with E-state index in [0.717, 1.165) is 28.6 Å². The van der Waals surface area contributed by atoms with Crippen molar-refractivity contribution >= 4 is 27.7 Å². The Balaban J connectivity index is 1.80. The summed E-state index contributed by atoms with van der Waals surface area (Å²) in [4.78, 5) is 27.7. The zero-order valence-corrected chi connectivity index (χ0v) is 18.8. The standard InChI is InChI=1S/C22H31BrN2O3/c1-14-6-5-7-18(15(14)2)24-21(27)22(3)11-10-20(26)25(22)13-16-12-17(23)8-9-19(16)28-4/h8-9,12,14-15,18H,5-7,10-11,13H2,1-4H3,(H,24,27)/t14-,15-,18-,22-/m1/s1. The van der Waals surface area contributed by atoms with E-state index in [1.807, 2.05) is 25.1 Å². The maximum Gasteiger partial charge on any atom is 0.245 e. The highest BCUT2D eigenvalue weighted by Gasteiger charge is 2.48. The summed E-state index contributed by atoms with van der Waals surface area (Å²) in [6, 6.07) is 5.92. The molecule has 1 aliphatic heterocycles. The minimum absolute atomic E-state index is 0.0183. The molecule has 0 unspecified atom stereocenters. The molecule has 1 N–H and O–H groups in total. The van der Waals surface area contributed by atoms with Crippen LogP contribution in [0.2, 0.25) is 0 Å². The fourth-order valence-corrected chi connectivity index (χ4v) is 4.95. The fourth-order valence-electron chi connectivity index (χ4n) is 4.54. The number of likely N-dealkylation sites (tertiary alicyclic amines) is 1. The van der Waals surface area contributed by atoms with Crippen LogP contribution in [-0.4, -0.2) is 35.4 Å². The average molecular weight is 451 g/mol. The quantitative estimate of drug-likeness (QED) is 0.727. The SMILES string of the molecule is COc1ccc(Br)cc1CN1C(=O)CC[C@]1(C)C(=O)N[C@@H]1CCC[C@@H](C)[C@H]1C. The highest BCUT2D eigenvalue weighted by atomic mass is 79.9. The van der Waals surface area contributed by atoms with Crippen molar-refractivity contribution in [3.8, 4) is 5.75 Å². The van der Waals surface area contributed by atoms with Gasteiger partial charge in [-0.25, -0.2) is 0 Å². The van der Waals surface area contributed by atoms with Crippen LogP contribution in [0.5, 0.6) is 5.75 Å². The summed E-state index contributed by atoms with van der Waals surface area (Å²) in [6.45, 7) is 6.74. The Morgan fingerprint density at radius 1 is 1.36 bits per heavy atom. The lowest BCUT2D eigenvalue weighted by molar-refractivity contribution is -0.142. The Morgan fingerprint density at radius 3 is 2.82 bits per heavy atom. The molecule has 0 bridgehead atoms. The smallest absolute Gasteiger partial charge is 0.245 e. The highest BCUT2D eigenvalue weighted by Crippen LogP contribution is 2.36. The molecule has 0 aromatic heterocycles. The molecule has 1 saturated heterocycles. The van der Waals surface area contributed by atoms with Crippen molar-refractivity contribution in [3.05, 3.63) is 28.2 Å². The number of rotatable bonds is 5. The minimum atomic E-state index is -0.829. The van der Waals surface area contributed by atoms with Crippen LogP contribution in [-0.2, 0) is 16.1 Å². The molecular formula is C22H31BrN2O3. The maximum atomic E-state index is 13.3. The predicted molar refractivity (Wildman–Crippen MR) is 113 cm³/mol. The Hall–Kier alpha value is -1.56. The zero-order chi connectivity index (χ0) is 20.5. The third-order valence-corrected chi connectivity index (χ3v) is 7.30. The molecule has 5 nitrogen and oxygen atoms in total. The van der Waals surface area contributed by atoms with Crippen LogP contribution in [0, 0.1) is 11.8 Å². The summed E-state index contributed by atoms with van der Waals surface area (Å²) in [5.41, 5.74) is 0.0657. The molecular weight excluding hydrogens is 420 g/mol. The lowest BCUT2D eigenvalue weighted by Gasteiger charge is -2.39. The van der Waals surface area contributed by atoms with Gasteiger partial charge in [0.2, 0.25) is 11.8 Å². The van der Waals surface area contributed by atoms with Gasteiger partial charge in [-0.05, 0) is 49.8 Å². The number of nitrogens with zero attached hydrogens (tertiary/aromatic N) is 1. The number of nitrogens with one attached hydrogen (secondary N) is 1. The van der Waals surface area contributed by atoms with Gasteiger partial charge >= 0.3 is 0 Å². The normalized spacial score (nSPS) is 30.4. The van der Waals surface area contributed by atoms with Crippen LogP contribution in [0.4, 0.5) is 0 Å².